The topological polar surface area (TPSA) is 63.8 Å². The summed E-state index contributed by atoms with van der Waals surface area (Å²) < 4.78 is 0. The first-order valence-corrected chi connectivity index (χ1v) is 5.13. The third-order valence-corrected chi connectivity index (χ3v) is 2.62. The van der Waals surface area contributed by atoms with E-state index in [1.54, 1.807) is 12.4 Å². The van der Waals surface area contributed by atoms with Gasteiger partial charge in [-0.2, -0.15) is 0 Å². The molecule has 14 heavy (non-hydrogen) atoms. The maximum atomic E-state index is 5.51. The van der Waals surface area contributed by atoms with Crippen LogP contribution in [0.2, 0.25) is 0 Å². The van der Waals surface area contributed by atoms with Gasteiger partial charge in [0.15, 0.2) is 0 Å². The van der Waals surface area contributed by atoms with Crippen LogP contribution in [0.1, 0.15) is 26.2 Å². The number of hydrogen-bond acceptors (Lipinski definition) is 4. The Bertz CT molecular complexity index is 291. The lowest BCUT2D eigenvalue weighted by Crippen LogP contribution is -2.22. The van der Waals surface area contributed by atoms with Crippen molar-refractivity contribution >= 4 is 11.6 Å². The number of anilines is 2. The molecule has 1 aliphatic carbocycles. The van der Waals surface area contributed by atoms with Crippen molar-refractivity contribution in [3.8, 4) is 0 Å². The maximum Gasteiger partial charge on any atom is 0.222 e. The van der Waals surface area contributed by atoms with Gasteiger partial charge in [-0.1, -0.05) is 6.92 Å². The molecule has 0 aromatic carbocycles. The molecular weight excluding hydrogens is 176 g/mol. The van der Waals surface area contributed by atoms with Crippen molar-refractivity contribution in [2.75, 3.05) is 11.1 Å². The maximum absolute atomic E-state index is 5.51. The molecule has 0 bridgehead atoms. The van der Waals surface area contributed by atoms with Gasteiger partial charge in [0.2, 0.25) is 5.95 Å². The van der Waals surface area contributed by atoms with E-state index in [1.807, 2.05) is 0 Å². The summed E-state index contributed by atoms with van der Waals surface area (Å²) in [7, 11) is 0. The molecule has 4 heteroatoms. The van der Waals surface area contributed by atoms with E-state index >= 15 is 0 Å². The smallest absolute Gasteiger partial charge is 0.222 e. The molecule has 0 spiro atoms. The van der Waals surface area contributed by atoms with E-state index in [0.717, 1.165) is 12.3 Å². The molecule has 0 amide bonds. The van der Waals surface area contributed by atoms with E-state index in [1.165, 1.54) is 12.8 Å². The van der Waals surface area contributed by atoms with Gasteiger partial charge in [-0.15, -0.1) is 0 Å². The molecule has 1 saturated carbocycles. The van der Waals surface area contributed by atoms with Gasteiger partial charge in [0.1, 0.15) is 0 Å². The van der Waals surface area contributed by atoms with Gasteiger partial charge < -0.3 is 11.1 Å². The van der Waals surface area contributed by atoms with Crippen LogP contribution >= 0.6 is 0 Å². The van der Waals surface area contributed by atoms with Crippen molar-refractivity contribution in [2.45, 2.75) is 32.2 Å². The first kappa shape index (κ1) is 9.24. The molecule has 1 atom stereocenters. The Balaban J connectivity index is 1.98. The third kappa shape index (κ3) is 2.13. The van der Waals surface area contributed by atoms with Gasteiger partial charge >= 0.3 is 0 Å². The first-order valence-electron chi connectivity index (χ1n) is 5.13. The van der Waals surface area contributed by atoms with Gasteiger partial charge in [-0.3, -0.25) is 0 Å². The molecule has 1 heterocycles. The zero-order valence-electron chi connectivity index (χ0n) is 8.40. The van der Waals surface area contributed by atoms with Crippen LogP contribution in [0, 0.1) is 5.92 Å². The fraction of sp³-hybridized carbons (Fsp3) is 0.600. The zero-order valence-corrected chi connectivity index (χ0v) is 8.40. The fourth-order valence-corrected chi connectivity index (χ4v) is 1.63. The number of nitrogens with two attached hydrogens (primary N) is 1. The summed E-state index contributed by atoms with van der Waals surface area (Å²) in [5, 5.41) is 3.34. The quantitative estimate of drug-likeness (QED) is 0.761. The molecule has 1 aliphatic rings. The number of nitrogen functional groups attached to an aromatic ring is 1. The monoisotopic (exact) mass is 192 g/mol. The van der Waals surface area contributed by atoms with E-state index in [2.05, 4.69) is 22.2 Å². The van der Waals surface area contributed by atoms with E-state index in [0.29, 0.717) is 17.7 Å². The van der Waals surface area contributed by atoms with E-state index in [-0.39, 0.29) is 0 Å². The Morgan fingerprint density at radius 3 is 2.64 bits per heavy atom. The largest absolute Gasteiger partial charge is 0.396 e. The normalized spacial score (nSPS) is 17.8. The van der Waals surface area contributed by atoms with Gasteiger partial charge in [0, 0.05) is 6.04 Å². The van der Waals surface area contributed by atoms with Crippen molar-refractivity contribution in [2.24, 2.45) is 5.92 Å². The summed E-state index contributed by atoms with van der Waals surface area (Å²) in [6.07, 6.45) is 7.06. The van der Waals surface area contributed by atoms with Crippen LogP contribution in [0.4, 0.5) is 11.6 Å². The van der Waals surface area contributed by atoms with Gasteiger partial charge in [-0.05, 0) is 25.2 Å². The zero-order chi connectivity index (χ0) is 9.97. The van der Waals surface area contributed by atoms with Gasteiger partial charge in [0.25, 0.3) is 0 Å². The molecule has 1 aromatic heterocycles. The second kappa shape index (κ2) is 3.82. The highest BCUT2D eigenvalue weighted by atomic mass is 15.1. The van der Waals surface area contributed by atoms with E-state index in [4.69, 9.17) is 5.73 Å². The van der Waals surface area contributed by atoms with Crippen LogP contribution in [0.25, 0.3) is 0 Å². The summed E-state index contributed by atoms with van der Waals surface area (Å²) in [5.74, 6) is 1.51. The van der Waals surface area contributed by atoms with Crippen LogP contribution in [0.3, 0.4) is 0 Å². The Hall–Kier alpha value is -1.32. The minimum absolute atomic E-state index is 0.527. The number of nitrogens with one attached hydrogen (secondary N) is 1. The molecule has 2 rings (SSSR count). The standard InChI is InChI=1S/C10H16N4/c1-2-9(7-3-4-7)14-10-12-5-8(11)6-13-10/h5-7,9H,2-4,11H2,1H3,(H,12,13,14). The van der Waals surface area contributed by atoms with Crippen molar-refractivity contribution in [3.63, 3.8) is 0 Å². The second-order valence-corrected chi connectivity index (χ2v) is 3.84. The van der Waals surface area contributed by atoms with Gasteiger partial charge in [0.05, 0.1) is 18.1 Å². The summed E-state index contributed by atoms with van der Waals surface area (Å²) in [6, 6.07) is 0.527. The number of hydrogen-bond donors (Lipinski definition) is 2. The summed E-state index contributed by atoms with van der Waals surface area (Å²) in [4.78, 5) is 8.26. The fourth-order valence-electron chi connectivity index (χ4n) is 1.63. The Morgan fingerprint density at radius 2 is 2.14 bits per heavy atom. The van der Waals surface area contributed by atoms with Crippen LogP contribution < -0.4 is 11.1 Å². The molecule has 3 N–H and O–H groups in total. The second-order valence-electron chi connectivity index (χ2n) is 3.84. The summed E-state index contributed by atoms with van der Waals surface area (Å²) in [6.45, 7) is 2.19. The van der Waals surface area contributed by atoms with Crippen molar-refractivity contribution in [1.29, 1.82) is 0 Å². The first-order chi connectivity index (χ1) is 6.79. The minimum atomic E-state index is 0.527. The predicted molar refractivity (Wildman–Crippen MR) is 56.9 cm³/mol. The molecule has 1 fully saturated rings. The number of nitrogens with zero attached hydrogens (tertiary/aromatic N) is 2. The van der Waals surface area contributed by atoms with E-state index in [9.17, 15) is 0 Å². The van der Waals surface area contributed by atoms with Crippen molar-refractivity contribution in [3.05, 3.63) is 12.4 Å². The predicted octanol–water partition coefficient (Wildman–Crippen LogP) is 1.66. The highest BCUT2D eigenvalue weighted by molar-refractivity contribution is 5.36. The van der Waals surface area contributed by atoms with Crippen LogP contribution in [0.5, 0.6) is 0 Å². The molecule has 0 radical (unpaired) electrons. The molecule has 0 aliphatic heterocycles. The molecule has 1 unspecified atom stereocenters. The molecule has 76 valence electrons. The SMILES string of the molecule is CCC(Nc1ncc(N)cn1)C1CC1. The summed E-state index contributed by atoms with van der Waals surface area (Å²) >= 11 is 0. The molecule has 4 nitrogen and oxygen atoms in total. The van der Waals surface area contributed by atoms with E-state index < -0.39 is 0 Å². The molecule has 0 saturated heterocycles. The lowest BCUT2D eigenvalue weighted by molar-refractivity contribution is 0.611. The van der Waals surface area contributed by atoms with Crippen molar-refractivity contribution in [1.82, 2.24) is 9.97 Å². The third-order valence-electron chi connectivity index (χ3n) is 2.62. The lowest BCUT2D eigenvalue weighted by Gasteiger charge is -2.15. The molecular formula is C10H16N4. The number of aromatic nitrogens is 2. The number of rotatable bonds is 4. The minimum Gasteiger partial charge on any atom is -0.396 e. The Kier molecular flexibility index (Phi) is 2.52. The average molecular weight is 192 g/mol. The van der Waals surface area contributed by atoms with Gasteiger partial charge in [-0.25, -0.2) is 9.97 Å². The Labute approximate surface area is 83.9 Å². The molecule has 1 aromatic rings. The highest BCUT2D eigenvalue weighted by Gasteiger charge is 2.30. The average Bonchev–Trinajstić information content (AvgIpc) is 3.01. The van der Waals surface area contributed by atoms with Crippen LogP contribution in [-0.4, -0.2) is 16.0 Å². The van der Waals surface area contributed by atoms with Crippen LogP contribution in [0.15, 0.2) is 12.4 Å². The van der Waals surface area contributed by atoms with Crippen LogP contribution in [-0.2, 0) is 0 Å². The summed E-state index contributed by atoms with van der Waals surface area (Å²) in [5.41, 5.74) is 6.12. The highest BCUT2D eigenvalue weighted by Crippen LogP contribution is 2.35. The Morgan fingerprint density at radius 1 is 1.50 bits per heavy atom. The lowest BCUT2D eigenvalue weighted by atomic mass is 10.1. The van der Waals surface area contributed by atoms with Crippen molar-refractivity contribution < 1.29 is 0 Å².